The van der Waals surface area contributed by atoms with Crippen LogP contribution in [0.1, 0.15) is 66.7 Å². The fraction of sp³-hybridized carbons (Fsp3) is 0.773. The number of hydrogen-bond acceptors (Lipinski definition) is 7. The molecule has 1 fully saturated rings. The lowest BCUT2D eigenvalue weighted by Crippen LogP contribution is -2.28. The van der Waals surface area contributed by atoms with Gasteiger partial charge in [0.05, 0.1) is 0 Å². The first-order valence-corrected chi connectivity index (χ1v) is 15.0. The maximum absolute atomic E-state index is 11.4. The van der Waals surface area contributed by atoms with E-state index in [0.29, 0.717) is 16.9 Å². The summed E-state index contributed by atoms with van der Waals surface area (Å²) in [5.41, 5.74) is 0. The Morgan fingerprint density at radius 3 is 1.97 bits per heavy atom. The molecule has 2 unspecified atom stereocenters. The van der Waals surface area contributed by atoms with Gasteiger partial charge in [0, 0.05) is 57.5 Å². The third-order valence-electron chi connectivity index (χ3n) is 3.96. The largest absolute Gasteiger partial charge is 0.334 e. The number of carbonyl (C=O) groups is 3. The van der Waals surface area contributed by atoms with Crippen LogP contribution in [0.4, 0.5) is 0 Å². The standard InChI is InChI=1S/C10H22OS2.C7H14OS.C5H5NO4/c1-4-6-12-7-9-13(11)8-5-10(2)3;1-4-9(8)6-5-7(2)3;7-3-10-6-4(8)1-2-5(6)9/h10H,4-9H2,1-3H3;4,7H,1,5-6H2,2-3H3;3H,1-2H2. The van der Waals surface area contributed by atoms with E-state index in [-0.39, 0.29) is 19.3 Å². The van der Waals surface area contributed by atoms with Crippen molar-refractivity contribution in [1.29, 1.82) is 0 Å². The Bertz CT molecular complexity index is 580. The second-order valence-electron chi connectivity index (χ2n) is 7.86. The summed E-state index contributed by atoms with van der Waals surface area (Å²) >= 11 is 1.92. The van der Waals surface area contributed by atoms with Crippen molar-refractivity contribution in [2.75, 3.05) is 28.8 Å². The van der Waals surface area contributed by atoms with Crippen LogP contribution in [0, 0.1) is 11.8 Å². The number of amides is 2. The number of hydroxylamine groups is 2. The molecule has 0 saturated carbocycles. The SMILES string of the molecule is C=CS(=O)CCC(C)C.CCCSCCS(=O)CCC(C)C.O=CON1C(=O)CCC1=O. The van der Waals surface area contributed by atoms with Crippen LogP contribution < -0.4 is 0 Å². The van der Waals surface area contributed by atoms with E-state index in [1.165, 1.54) is 17.6 Å². The van der Waals surface area contributed by atoms with E-state index >= 15 is 0 Å². The van der Waals surface area contributed by atoms with Crippen molar-refractivity contribution in [2.45, 2.75) is 66.7 Å². The van der Waals surface area contributed by atoms with E-state index < -0.39 is 33.4 Å². The van der Waals surface area contributed by atoms with E-state index in [4.69, 9.17) is 0 Å². The Hall–Kier alpha value is -1.00. The van der Waals surface area contributed by atoms with E-state index in [2.05, 4.69) is 46.0 Å². The molecule has 2 atom stereocenters. The maximum Gasteiger partial charge on any atom is 0.321 e. The summed E-state index contributed by atoms with van der Waals surface area (Å²) in [5, 5.41) is 1.98. The first-order valence-electron chi connectivity index (χ1n) is 11.0. The molecule has 1 saturated heterocycles. The summed E-state index contributed by atoms with van der Waals surface area (Å²) in [7, 11) is -1.35. The summed E-state index contributed by atoms with van der Waals surface area (Å²) in [5.74, 6) is 5.23. The molecule has 7 nitrogen and oxygen atoms in total. The first kappa shape index (κ1) is 33.2. The fourth-order valence-electron chi connectivity index (χ4n) is 2.02. The summed E-state index contributed by atoms with van der Waals surface area (Å²) in [6.45, 7) is 14.3. The van der Waals surface area contributed by atoms with Gasteiger partial charge in [0.1, 0.15) is 0 Å². The van der Waals surface area contributed by atoms with Crippen molar-refractivity contribution in [3.8, 4) is 0 Å². The lowest BCUT2D eigenvalue weighted by molar-refractivity contribution is -0.188. The number of rotatable bonds is 14. The molecule has 0 aromatic heterocycles. The van der Waals surface area contributed by atoms with Crippen molar-refractivity contribution in [3.05, 3.63) is 12.0 Å². The topological polar surface area (TPSA) is 97.8 Å². The Labute approximate surface area is 203 Å². The monoisotopic (exact) mass is 511 g/mol. The minimum absolute atomic E-state index is 0.0567. The molecular formula is C22H41NO6S3. The lowest BCUT2D eigenvalue weighted by atomic mass is 10.2. The number of thioether (sulfide) groups is 1. The van der Waals surface area contributed by atoms with Gasteiger partial charge in [-0.3, -0.25) is 22.8 Å². The number of imide groups is 1. The van der Waals surface area contributed by atoms with E-state index in [1.54, 1.807) is 0 Å². The molecule has 32 heavy (non-hydrogen) atoms. The van der Waals surface area contributed by atoms with Gasteiger partial charge in [0.15, 0.2) is 0 Å². The molecule has 0 aliphatic carbocycles. The summed E-state index contributed by atoms with van der Waals surface area (Å²) in [6.07, 6.45) is 3.62. The first-order chi connectivity index (χ1) is 15.1. The molecule has 1 aliphatic rings. The van der Waals surface area contributed by atoms with Crippen LogP contribution in [0.15, 0.2) is 12.0 Å². The van der Waals surface area contributed by atoms with E-state index in [0.717, 1.165) is 35.9 Å². The zero-order valence-electron chi connectivity index (χ0n) is 20.2. The number of carbonyl (C=O) groups excluding carboxylic acids is 3. The second kappa shape index (κ2) is 21.8. The minimum Gasteiger partial charge on any atom is -0.334 e. The molecule has 1 rings (SSSR count). The fourth-order valence-corrected chi connectivity index (χ4v) is 5.54. The summed E-state index contributed by atoms with van der Waals surface area (Å²) < 4.78 is 22.1. The molecule has 188 valence electrons. The highest BCUT2D eigenvalue weighted by atomic mass is 32.2. The van der Waals surface area contributed by atoms with Gasteiger partial charge in [-0.2, -0.15) is 11.8 Å². The molecule has 0 bridgehead atoms. The Balaban J connectivity index is 0. The van der Waals surface area contributed by atoms with Gasteiger partial charge in [-0.25, -0.2) is 0 Å². The highest BCUT2D eigenvalue weighted by Gasteiger charge is 2.30. The Morgan fingerprint density at radius 2 is 1.53 bits per heavy atom. The average Bonchev–Trinajstić information content (AvgIpc) is 3.07. The highest BCUT2D eigenvalue weighted by Crippen LogP contribution is 2.10. The van der Waals surface area contributed by atoms with Crippen LogP contribution in [-0.2, 0) is 40.8 Å². The van der Waals surface area contributed by atoms with Crippen LogP contribution in [0.5, 0.6) is 0 Å². The maximum atomic E-state index is 11.4. The number of nitrogens with zero attached hydrogens (tertiary/aromatic N) is 1. The highest BCUT2D eigenvalue weighted by molar-refractivity contribution is 8.00. The lowest BCUT2D eigenvalue weighted by Gasteiger charge is -2.06. The third kappa shape index (κ3) is 20.9. The average molecular weight is 512 g/mol. The van der Waals surface area contributed by atoms with Crippen LogP contribution in [0.3, 0.4) is 0 Å². The van der Waals surface area contributed by atoms with Crippen molar-refractivity contribution < 1.29 is 27.6 Å². The molecule has 0 radical (unpaired) electrons. The predicted molar refractivity (Wildman–Crippen MR) is 136 cm³/mol. The van der Waals surface area contributed by atoms with Gasteiger partial charge in [-0.05, 0) is 42.3 Å². The second-order valence-corrected chi connectivity index (χ2v) is 12.3. The molecule has 1 aliphatic heterocycles. The van der Waals surface area contributed by atoms with Crippen LogP contribution in [0.25, 0.3) is 0 Å². The molecule has 0 spiro atoms. The minimum atomic E-state index is -0.784. The molecule has 0 aromatic rings. The van der Waals surface area contributed by atoms with Crippen LogP contribution in [-0.4, -0.2) is 60.5 Å². The quantitative estimate of drug-likeness (QED) is 0.197. The normalized spacial score (nSPS) is 14.9. The molecule has 10 heteroatoms. The van der Waals surface area contributed by atoms with Gasteiger partial charge in [-0.15, -0.1) is 5.06 Å². The van der Waals surface area contributed by atoms with Gasteiger partial charge in [0.2, 0.25) is 0 Å². The van der Waals surface area contributed by atoms with Crippen LogP contribution >= 0.6 is 11.8 Å². The number of hydrogen-bond donors (Lipinski definition) is 0. The van der Waals surface area contributed by atoms with Crippen molar-refractivity contribution in [2.24, 2.45) is 11.8 Å². The Kier molecular flexibility index (Phi) is 22.6. The molecular weight excluding hydrogens is 470 g/mol. The smallest absolute Gasteiger partial charge is 0.321 e. The molecule has 2 amide bonds. The van der Waals surface area contributed by atoms with Crippen molar-refractivity contribution in [1.82, 2.24) is 5.06 Å². The zero-order valence-corrected chi connectivity index (χ0v) is 22.7. The van der Waals surface area contributed by atoms with Gasteiger partial charge >= 0.3 is 6.47 Å². The Morgan fingerprint density at radius 1 is 1.00 bits per heavy atom. The van der Waals surface area contributed by atoms with Crippen molar-refractivity contribution in [3.63, 3.8) is 0 Å². The van der Waals surface area contributed by atoms with Crippen molar-refractivity contribution >= 4 is 51.6 Å². The van der Waals surface area contributed by atoms with E-state index in [9.17, 15) is 22.8 Å². The van der Waals surface area contributed by atoms with Gasteiger partial charge in [-0.1, -0.05) is 41.2 Å². The molecule has 1 heterocycles. The van der Waals surface area contributed by atoms with Crippen LogP contribution in [0.2, 0.25) is 0 Å². The molecule has 0 aromatic carbocycles. The molecule has 0 N–H and O–H groups in total. The summed E-state index contributed by atoms with van der Waals surface area (Å²) in [4.78, 5) is 35.0. The van der Waals surface area contributed by atoms with Gasteiger partial charge in [0.25, 0.3) is 11.8 Å². The zero-order chi connectivity index (χ0) is 24.9. The summed E-state index contributed by atoms with van der Waals surface area (Å²) in [6, 6.07) is 0. The van der Waals surface area contributed by atoms with E-state index in [1.807, 2.05) is 11.8 Å². The third-order valence-corrected chi connectivity index (χ3v) is 7.77. The predicted octanol–water partition coefficient (Wildman–Crippen LogP) is 4.07. The van der Waals surface area contributed by atoms with Gasteiger partial charge < -0.3 is 4.84 Å².